The van der Waals surface area contributed by atoms with Crippen molar-refractivity contribution in [2.45, 2.75) is 5.92 Å². The molecular formula is C14H13NaO. The van der Waals surface area contributed by atoms with Crippen LogP contribution in [0.3, 0.4) is 0 Å². The molecule has 0 saturated heterocycles. The average molecular weight is 220 g/mol. The van der Waals surface area contributed by atoms with Gasteiger partial charge in [0.15, 0.2) is 0 Å². The van der Waals surface area contributed by atoms with Crippen molar-refractivity contribution in [2.75, 3.05) is 6.61 Å². The van der Waals surface area contributed by atoms with Gasteiger partial charge in [0.05, 0.1) is 0 Å². The molecule has 76 valence electrons. The van der Waals surface area contributed by atoms with Crippen molar-refractivity contribution >= 4 is 0 Å². The predicted molar refractivity (Wildman–Crippen MR) is 59.6 cm³/mol. The molecule has 0 aliphatic rings. The van der Waals surface area contributed by atoms with E-state index in [1.807, 2.05) is 60.7 Å². The zero-order valence-electron chi connectivity index (χ0n) is 9.47. The summed E-state index contributed by atoms with van der Waals surface area (Å²) in [5, 5.41) is 11.2. The maximum atomic E-state index is 11.2. The summed E-state index contributed by atoms with van der Waals surface area (Å²) in [6, 6.07) is 19.9. The molecule has 16 heavy (non-hydrogen) atoms. The minimum absolute atomic E-state index is 0. The van der Waals surface area contributed by atoms with Gasteiger partial charge in [-0.2, -0.15) is 0 Å². The van der Waals surface area contributed by atoms with Crippen LogP contribution in [0.15, 0.2) is 60.7 Å². The number of benzene rings is 2. The van der Waals surface area contributed by atoms with Gasteiger partial charge in [0.25, 0.3) is 0 Å². The Bertz CT molecular complexity index is 360. The van der Waals surface area contributed by atoms with Crippen LogP contribution in [0.25, 0.3) is 0 Å². The van der Waals surface area contributed by atoms with Crippen molar-refractivity contribution in [3.05, 3.63) is 71.8 Å². The fourth-order valence-electron chi connectivity index (χ4n) is 1.76. The Balaban J connectivity index is 0.00000128. The maximum Gasteiger partial charge on any atom is 1.00 e. The Morgan fingerprint density at radius 3 is 1.44 bits per heavy atom. The second-order valence-corrected chi connectivity index (χ2v) is 3.54. The molecule has 0 spiro atoms. The molecule has 0 aliphatic heterocycles. The maximum absolute atomic E-state index is 11.2. The molecule has 0 unspecified atom stereocenters. The first-order valence-electron chi connectivity index (χ1n) is 5.10. The van der Waals surface area contributed by atoms with Crippen LogP contribution >= 0.6 is 0 Å². The van der Waals surface area contributed by atoms with E-state index in [1.54, 1.807) is 0 Å². The number of rotatable bonds is 3. The SMILES string of the molecule is [Na+].[O-]CC(c1ccccc1)c1ccccc1. The van der Waals surface area contributed by atoms with E-state index >= 15 is 0 Å². The van der Waals surface area contributed by atoms with Crippen LogP contribution in [0, 0.1) is 0 Å². The molecule has 0 atom stereocenters. The first-order chi connectivity index (χ1) is 7.42. The van der Waals surface area contributed by atoms with Crippen LogP contribution in [0.1, 0.15) is 17.0 Å². The van der Waals surface area contributed by atoms with Crippen molar-refractivity contribution < 1.29 is 34.7 Å². The van der Waals surface area contributed by atoms with Crippen molar-refractivity contribution in [1.82, 2.24) is 0 Å². The van der Waals surface area contributed by atoms with Gasteiger partial charge in [-0.1, -0.05) is 60.7 Å². The van der Waals surface area contributed by atoms with Gasteiger partial charge < -0.3 is 5.11 Å². The summed E-state index contributed by atoms with van der Waals surface area (Å²) >= 11 is 0. The quantitative estimate of drug-likeness (QED) is 0.620. The Kier molecular flexibility index (Phi) is 5.78. The standard InChI is InChI=1S/C14H13O.Na/c15-11-14(12-7-3-1-4-8-12)13-9-5-2-6-10-13;/h1-10,14H,11H2;/q-1;+1. The van der Waals surface area contributed by atoms with E-state index in [1.165, 1.54) is 0 Å². The van der Waals surface area contributed by atoms with Crippen LogP contribution < -0.4 is 34.7 Å². The molecule has 0 radical (unpaired) electrons. The predicted octanol–water partition coefficient (Wildman–Crippen LogP) is -0.817. The molecule has 2 rings (SSSR count). The second-order valence-electron chi connectivity index (χ2n) is 3.54. The van der Waals surface area contributed by atoms with Crippen molar-refractivity contribution in [1.29, 1.82) is 0 Å². The first kappa shape index (κ1) is 13.5. The zero-order chi connectivity index (χ0) is 10.5. The molecule has 0 aromatic heterocycles. The first-order valence-corrected chi connectivity index (χ1v) is 5.10. The fourth-order valence-corrected chi connectivity index (χ4v) is 1.76. The molecule has 2 heteroatoms. The van der Waals surface area contributed by atoms with Crippen LogP contribution in [-0.4, -0.2) is 6.61 Å². The third kappa shape index (κ3) is 3.19. The molecule has 2 aromatic carbocycles. The molecular weight excluding hydrogens is 207 g/mol. The van der Waals surface area contributed by atoms with Crippen molar-refractivity contribution in [2.24, 2.45) is 0 Å². The second kappa shape index (κ2) is 6.87. The van der Waals surface area contributed by atoms with Crippen LogP contribution in [0.2, 0.25) is 0 Å². The summed E-state index contributed by atoms with van der Waals surface area (Å²) < 4.78 is 0. The molecule has 0 bridgehead atoms. The average Bonchev–Trinajstić information content (AvgIpc) is 2.33. The smallest absolute Gasteiger partial charge is 0.854 e. The van der Waals surface area contributed by atoms with E-state index in [-0.39, 0.29) is 42.1 Å². The van der Waals surface area contributed by atoms with Crippen molar-refractivity contribution in [3.63, 3.8) is 0 Å². The van der Waals surface area contributed by atoms with Gasteiger partial charge in [0.1, 0.15) is 0 Å². The molecule has 1 nitrogen and oxygen atoms in total. The van der Waals surface area contributed by atoms with E-state index in [0.29, 0.717) is 0 Å². The van der Waals surface area contributed by atoms with E-state index in [4.69, 9.17) is 0 Å². The number of hydrogen-bond donors (Lipinski definition) is 0. The Labute approximate surface area is 118 Å². The summed E-state index contributed by atoms with van der Waals surface area (Å²) in [6.07, 6.45) is 0. The van der Waals surface area contributed by atoms with Crippen LogP contribution in [0.4, 0.5) is 0 Å². The summed E-state index contributed by atoms with van der Waals surface area (Å²) in [6.45, 7) is -0.103. The van der Waals surface area contributed by atoms with Crippen molar-refractivity contribution in [3.8, 4) is 0 Å². The molecule has 2 aromatic rings. The molecule has 0 N–H and O–H groups in total. The Morgan fingerprint density at radius 2 is 1.12 bits per heavy atom. The summed E-state index contributed by atoms with van der Waals surface area (Å²) in [4.78, 5) is 0. The van der Waals surface area contributed by atoms with Crippen LogP contribution in [-0.2, 0) is 0 Å². The third-order valence-corrected chi connectivity index (χ3v) is 2.57. The van der Waals surface area contributed by atoms with E-state index in [2.05, 4.69) is 0 Å². The molecule has 0 heterocycles. The largest absolute Gasteiger partial charge is 1.00 e. The molecule has 0 fully saturated rings. The summed E-state index contributed by atoms with van der Waals surface area (Å²) in [5.74, 6) is -0.0209. The monoisotopic (exact) mass is 220 g/mol. The van der Waals surface area contributed by atoms with Gasteiger partial charge in [0.2, 0.25) is 0 Å². The zero-order valence-corrected chi connectivity index (χ0v) is 11.5. The van der Waals surface area contributed by atoms with Gasteiger partial charge in [-0.05, 0) is 17.0 Å². The van der Waals surface area contributed by atoms with Crippen LogP contribution in [0.5, 0.6) is 0 Å². The fraction of sp³-hybridized carbons (Fsp3) is 0.143. The normalized spacial score (nSPS) is 9.88. The third-order valence-electron chi connectivity index (χ3n) is 2.57. The molecule has 0 saturated carbocycles. The van der Waals surface area contributed by atoms with E-state index in [9.17, 15) is 5.11 Å². The van der Waals surface area contributed by atoms with Gasteiger partial charge in [-0.15, -0.1) is 6.61 Å². The number of hydrogen-bond acceptors (Lipinski definition) is 1. The van der Waals surface area contributed by atoms with Gasteiger partial charge >= 0.3 is 29.6 Å². The van der Waals surface area contributed by atoms with Gasteiger partial charge in [0, 0.05) is 0 Å². The van der Waals surface area contributed by atoms with Gasteiger partial charge in [-0.25, -0.2) is 0 Å². The Hall–Kier alpha value is -0.600. The minimum Gasteiger partial charge on any atom is -0.854 e. The van der Waals surface area contributed by atoms with Gasteiger partial charge in [-0.3, -0.25) is 0 Å². The molecule has 0 aliphatic carbocycles. The topological polar surface area (TPSA) is 23.1 Å². The minimum atomic E-state index is -0.103. The Morgan fingerprint density at radius 1 is 0.750 bits per heavy atom. The van der Waals surface area contributed by atoms with E-state index in [0.717, 1.165) is 11.1 Å². The molecule has 0 amide bonds. The summed E-state index contributed by atoms with van der Waals surface area (Å²) in [7, 11) is 0. The summed E-state index contributed by atoms with van der Waals surface area (Å²) in [5.41, 5.74) is 2.19. The van der Waals surface area contributed by atoms with E-state index < -0.39 is 0 Å².